The summed E-state index contributed by atoms with van der Waals surface area (Å²) in [5, 5.41) is 20.7. The lowest BCUT2D eigenvalue weighted by atomic mass is 10.3. The predicted molar refractivity (Wildman–Crippen MR) is 75.3 cm³/mol. The van der Waals surface area contributed by atoms with Gasteiger partial charge >= 0.3 is 0 Å². The second kappa shape index (κ2) is 5.69. The number of nitro groups is 1. The van der Waals surface area contributed by atoms with Crippen molar-refractivity contribution in [2.75, 3.05) is 0 Å². The van der Waals surface area contributed by atoms with E-state index in [4.69, 9.17) is 23.2 Å². The molecule has 2 rings (SSSR count). The number of halogens is 2. The Morgan fingerprint density at radius 3 is 2.26 bits per heavy atom. The van der Waals surface area contributed by atoms with Crippen molar-refractivity contribution in [3.63, 3.8) is 0 Å². The molecule has 1 N–H and O–H groups in total. The molecular formula is C12H7Cl2NO3S. The van der Waals surface area contributed by atoms with Crippen molar-refractivity contribution in [3.05, 3.63) is 56.6 Å². The fraction of sp³-hybridized carbons (Fsp3) is 0. The zero-order chi connectivity index (χ0) is 14.0. The fourth-order valence-electron chi connectivity index (χ4n) is 1.40. The Balaban J connectivity index is 2.42. The van der Waals surface area contributed by atoms with Crippen LogP contribution in [0.2, 0.25) is 10.0 Å². The van der Waals surface area contributed by atoms with E-state index in [1.807, 2.05) is 0 Å². The average Bonchev–Trinajstić information content (AvgIpc) is 2.35. The number of para-hydroxylation sites is 1. The summed E-state index contributed by atoms with van der Waals surface area (Å²) in [5.74, 6) is 0.0954. The normalized spacial score (nSPS) is 10.4. The highest BCUT2D eigenvalue weighted by atomic mass is 35.5. The third-order valence-corrected chi connectivity index (χ3v) is 4.30. The van der Waals surface area contributed by atoms with Crippen molar-refractivity contribution in [2.45, 2.75) is 9.79 Å². The van der Waals surface area contributed by atoms with Gasteiger partial charge in [-0.15, -0.1) is 0 Å². The Kier molecular flexibility index (Phi) is 4.19. The highest BCUT2D eigenvalue weighted by Gasteiger charge is 2.16. The molecule has 0 fully saturated rings. The number of phenolic OH excluding ortho intramolecular Hbond substituents is 1. The lowest BCUT2D eigenvalue weighted by Crippen LogP contribution is -1.89. The number of nitro benzene ring substituents is 1. The average molecular weight is 316 g/mol. The molecule has 0 saturated heterocycles. The molecule has 0 radical (unpaired) electrons. The summed E-state index contributed by atoms with van der Waals surface area (Å²) in [6.45, 7) is 0. The molecule has 2 aromatic rings. The molecule has 0 aliphatic rings. The lowest BCUT2D eigenvalue weighted by molar-refractivity contribution is -0.384. The molecule has 0 atom stereocenters. The summed E-state index contributed by atoms with van der Waals surface area (Å²) in [7, 11) is 0. The van der Waals surface area contributed by atoms with Gasteiger partial charge in [-0.2, -0.15) is 0 Å². The topological polar surface area (TPSA) is 63.4 Å². The first-order valence-electron chi connectivity index (χ1n) is 5.08. The summed E-state index contributed by atoms with van der Waals surface area (Å²) in [4.78, 5) is 11.1. The van der Waals surface area contributed by atoms with Crippen molar-refractivity contribution in [2.24, 2.45) is 0 Å². The van der Waals surface area contributed by atoms with Crippen LogP contribution in [0, 0.1) is 10.1 Å². The molecule has 0 aliphatic heterocycles. The molecule has 0 spiro atoms. The summed E-state index contributed by atoms with van der Waals surface area (Å²) >= 11 is 13.1. The smallest absolute Gasteiger partial charge is 0.272 e. The molecule has 0 unspecified atom stereocenters. The number of benzene rings is 2. The van der Waals surface area contributed by atoms with E-state index >= 15 is 0 Å². The van der Waals surface area contributed by atoms with Gasteiger partial charge in [-0.05, 0) is 12.1 Å². The highest BCUT2D eigenvalue weighted by Crippen LogP contribution is 2.43. The highest BCUT2D eigenvalue weighted by molar-refractivity contribution is 7.99. The van der Waals surface area contributed by atoms with Gasteiger partial charge in [0.25, 0.3) is 5.69 Å². The van der Waals surface area contributed by atoms with Crippen LogP contribution >= 0.6 is 35.0 Å². The van der Waals surface area contributed by atoms with Crippen LogP contribution in [0.5, 0.6) is 5.75 Å². The van der Waals surface area contributed by atoms with Crippen LogP contribution < -0.4 is 0 Å². The minimum absolute atomic E-state index is 0.0954. The van der Waals surface area contributed by atoms with Gasteiger partial charge in [-0.25, -0.2) is 0 Å². The Morgan fingerprint density at radius 1 is 1.16 bits per heavy atom. The van der Waals surface area contributed by atoms with Gasteiger partial charge in [0.15, 0.2) is 0 Å². The molecule has 19 heavy (non-hydrogen) atoms. The van der Waals surface area contributed by atoms with Crippen LogP contribution in [0.4, 0.5) is 5.69 Å². The van der Waals surface area contributed by atoms with E-state index in [0.29, 0.717) is 9.79 Å². The summed E-state index contributed by atoms with van der Waals surface area (Å²) in [5.41, 5.74) is -0.170. The van der Waals surface area contributed by atoms with E-state index in [2.05, 4.69) is 0 Å². The van der Waals surface area contributed by atoms with Crippen molar-refractivity contribution in [3.8, 4) is 5.75 Å². The fourth-order valence-corrected chi connectivity index (χ4v) is 2.96. The van der Waals surface area contributed by atoms with Crippen LogP contribution in [0.1, 0.15) is 0 Å². The van der Waals surface area contributed by atoms with Gasteiger partial charge in [0.05, 0.1) is 24.8 Å². The molecule has 0 aliphatic carbocycles. The Hall–Kier alpha value is -1.43. The Labute approximate surface area is 123 Å². The third kappa shape index (κ3) is 3.12. The maximum Gasteiger partial charge on any atom is 0.272 e. The predicted octanol–water partition coefficient (Wildman–Crippen LogP) is 4.76. The second-order valence-corrected chi connectivity index (χ2v) is 5.43. The Morgan fingerprint density at radius 2 is 1.74 bits per heavy atom. The van der Waals surface area contributed by atoms with E-state index in [0.717, 1.165) is 11.8 Å². The monoisotopic (exact) mass is 315 g/mol. The van der Waals surface area contributed by atoms with Crippen molar-refractivity contribution >= 4 is 40.7 Å². The summed E-state index contributed by atoms with van der Waals surface area (Å²) in [6.07, 6.45) is 0. The van der Waals surface area contributed by atoms with Gasteiger partial charge in [-0.3, -0.25) is 10.1 Å². The minimum atomic E-state index is -0.563. The quantitative estimate of drug-likeness (QED) is 0.655. The van der Waals surface area contributed by atoms with Crippen molar-refractivity contribution < 1.29 is 10.0 Å². The standard InChI is InChI=1S/C12H7Cl2NO3S/c13-8-5-7(15(17)18)6-9(14)12(8)19-11-4-2-1-3-10(11)16/h1-6,16H. The number of rotatable bonds is 3. The molecule has 0 heterocycles. The molecule has 98 valence electrons. The first-order chi connectivity index (χ1) is 8.99. The van der Waals surface area contributed by atoms with Crippen LogP contribution in [0.25, 0.3) is 0 Å². The first-order valence-corrected chi connectivity index (χ1v) is 6.65. The van der Waals surface area contributed by atoms with Gasteiger partial charge < -0.3 is 5.11 Å². The van der Waals surface area contributed by atoms with E-state index in [9.17, 15) is 15.2 Å². The van der Waals surface area contributed by atoms with Crippen molar-refractivity contribution in [1.82, 2.24) is 0 Å². The largest absolute Gasteiger partial charge is 0.507 e. The molecule has 0 amide bonds. The van der Waals surface area contributed by atoms with Gasteiger partial charge in [-0.1, -0.05) is 47.1 Å². The zero-order valence-electron chi connectivity index (χ0n) is 9.34. The number of non-ortho nitro benzene ring substituents is 1. The lowest BCUT2D eigenvalue weighted by Gasteiger charge is -2.08. The maximum atomic E-state index is 10.7. The molecule has 0 bridgehead atoms. The van der Waals surface area contributed by atoms with E-state index in [1.165, 1.54) is 18.2 Å². The zero-order valence-corrected chi connectivity index (χ0v) is 11.7. The Bertz CT molecular complexity index is 626. The number of aromatic hydroxyl groups is 1. The van der Waals surface area contributed by atoms with Crippen LogP contribution in [-0.2, 0) is 0 Å². The maximum absolute atomic E-state index is 10.7. The van der Waals surface area contributed by atoms with Crippen LogP contribution in [-0.4, -0.2) is 10.0 Å². The van der Waals surface area contributed by atoms with Crippen molar-refractivity contribution in [1.29, 1.82) is 0 Å². The first kappa shape index (κ1) is 14.0. The second-order valence-electron chi connectivity index (χ2n) is 3.57. The molecule has 0 aromatic heterocycles. The van der Waals surface area contributed by atoms with E-state index in [-0.39, 0.29) is 21.5 Å². The summed E-state index contributed by atoms with van der Waals surface area (Å²) in [6, 6.07) is 9.16. The summed E-state index contributed by atoms with van der Waals surface area (Å²) < 4.78 is 0. The third-order valence-electron chi connectivity index (χ3n) is 2.27. The molecule has 2 aromatic carbocycles. The van der Waals surface area contributed by atoms with Gasteiger partial charge in [0, 0.05) is 12.1 Å². The van der Waals surface area contributed by atoms with Gasteiger partial charge in [0.1, 0.15) is 5.75 Å². The van der Waals surface area contributed by atoms with Crippen LogP contribution in [0.3, 0.4) is 0 Å². The van der Waals surface area contributed by atoms with E-state index < -0.39 is 4.92 Å². The number of hydrogen-bond donors (Lipinski definition) is 1. The van der Waals surface area contributed by atoms with E-state index in [1.54, 1.807) is 18.2 Å². The SMILES string of the molecule is O=[N+]([O-])c1cc(Cl)c(Sc2ccccc2O)c(Cl)c1. The van der Waals surface area contributed by atoms with Crippen LogP contribution in [0.15, 0.2) is 46.2 Å². The molecule has 7 heteroatoms. The number of hydrogen-bond acceptors (Lipinski definition) is 4. The number of nitrogens with zero attached hydrogens (tertiary/aromatic N) is 1. The van der Waals surface area contributed by atoms with Gasteiger partial charge in [0.2, 0.25) is 0 Å². The minimum Gasteiger partial charge on any atom is -0.507 e. The number of phenols is 1. The molecular weight excluding hydrogens is 309 g/mol. The molecule has 0 saturated carbocycles. The molecule has 4 nitrogen and oxygen atoms in total.